The zero-order chi connectivity index (χ0) is 14.7. The van der Waals surface area contributed by atoms with Crippen molar-refractivity contribution >= 4 is 18.0 Å². The Morgan fingerprint density at radius 3 is 2.55 bits per heavy atom. The summed E-state index contributed by atoms with van der Waals surface area (Å²) in [6.45, 7) is 5.56. The predicted octanol–water partition coefficient (Wildman–Crippen LogP) is 0.858. The van der Waals surface area contributed by atoms with Crippen molar-refractivity contribution in [1.82, 2.24) is 9.88 Å². The molecule has 108 valence electrons. The van der Waals surface area contributed by atoms with E-state index in [4.69, 9.17) is 24.2 Å². The van der Waals surface area contributed by atoms with Crippen molar-refractivity contribution in [2.45, 2.75) is 13.3 Å². The van der Waals surface area contributed by atoms with Gasteiger partial charge in [-0.3, -0.25) is 4.90 Å². The lowest BCUT2D eigenvalue weighted by Gasteiger charge is -2.13. The minimum Gasteiger partial charge on any atom is -0.473 e. The van der Waals surface area contributed by atoms with Gasteiger partial charge in [0.25, 0.3) is 0 Å². The number of nitrogens with zero attached hydrogens (tertiary/aromatic N) is 2. The van der Waals surface area contributed by atoms with Crippen molar-refractivity contribution in [1.29, 1.82) is 0 Å². The molecule has 2 aliphatic heterocycles. The molecule has 0 saturated carbocycles. The molecule has 2 unspecified atom stereocenters. The molecule has 3 rings (SSSR count). The second kappa shape index (κ2) is 5.87. The molecule has 2 bridgehead atoms. The molecule has 0 amide bonds. The fourth-order valence-corrected chi connectivity index (χ4v) is 2.43. The molecule has 2 atom stereocenters. The van der Waals surface area contributed by atoms with Crippen molar-refractivity contribution in [3.63, 3.8) is 0 Å². The lowest BCUT2D eigenvalue weighted by atomic mass is 9.99. The Labute approximate surface area is 115 Å². The minimum absolute atomic E-state index is 0.766. The Hall–Kier alpha value is -2.15. The van der Waals surface area contributed by atoms with Crippen molar-refractivity contribution in [3.05, 3.63) is 23.4 Å². The van der Waals surface area contributed by atoms with E-state index in [1.165, 1.54) is 25.1 Å². The molecular formula is C13H16N2O5. The van der Waals surface area contributed by atoms with E-state index in [1.54, 1.807) is 6.20 Å². The Morgan fingerprint density at radius 1 is 1.45 bits per heavy atom. The number of aryl methyl sites for hydroxylation is 1. The molecule has 0 spiro atoms. The highest BCUT2D eigenvalue weighted by atomic mass is 16.4. The fourth-order valence-electron chi connectivity index (χ4n) is 2.43. The highest BCUT2D eigenvalue weighted by Crippen LogP contribution is 2.33. The number of oxazole rings is 1. The maximum atomic E-state index is 9.10. The number of aliphatic carboxylic acids is 2. The number of carboxylic acids is 2. The van der Waals surface area contributed by atoms with Gasteiger partial charge in [0.2, 0.25) is 5.89 Å². The topological polar surface area (TPSA) is 104 Å². The van der Waals surface area contributed by atoms with E-state index in [2.05, 4.69) is 16.0 Å². The molecule has 1 aromatic heterocycles. The number of carbonyl (C=O) groups is 2. The summed E-state index contributed by atoms with van der Waals surface area (Å²) in [6.07, 6.45) is 5.21. The predicted molar refractivity (Wildman–Crippen MR) is 69.0 cm³/mol. The van der Waals surface area contributed by atoms with E-state index in [1.807, 2.05) is 6.92 Å². The Balaban J connectivity index is 0.000000212. The first-order valence-corrected chi connectivity index (χ1v) is 6.27. The zero-order valence-electron chi connectivity index (χ0n) is 11.1. The van der Waals surface area contributed by atoms with E-state index in [-0.39, 0.29) is 0 Å². The largest absolute Gasteiger partial charge is 0.473 e. The van der Waals surface area contributed by atoms with Crippen molar-refractivity contribution in [2.24, 2.45) is 5.92 Å². The first-order valence-electron chi connectivity index (χ1n) is 6.27. The van der Waals surface area contributed by atoms with Gasteiger partial charge in [-0.05, 0) is 31.4 Å². The smallest absolute Gasteiger partial charge is 0.414 e. The van der Waals surface area contributed by atoms with Gasteiger partial charge in [-0.25, -0.2) is 14.6 Å². The third-order valence-electron chi connectivity index (χ3n) is 3.33. The van der Waals surface area contributed by atoms with Crippen molar-refractivity contribution < 1.29 is 24.2 Å². The fraction of sp³-hybridized carbons (Fsp3) is 0.462. The van der Waals surface area contributed by atoms with Crippen LogP contribution in [0.3, 0.4) is 0 Å². The summed E-state index contributed by atoms with van der Waals surface area (Å²) >= 11 is 0. The minimum atomic E-state index is -1.82. The molecule has 7 nitrogen and oxygen atoms in total. The van der Waals surface area contributed by atoms with Crippen LogP contribution in [0.2, 0.25) is 0 Å². The van der Waals surface area contributed by atoms with Crippen LogP contribution in [0.15, 0.2) is 16.2 Å². The number of hydrogen-bond donors (Lipinski definition) is 2. The number of rotatable bonds is 1. The Kier molecular flexibility index (Phi) is 4.19. The molecule has 2 fully saturated rings. The second-order valence-electron chi connectivity index (χ2n) is 4.86. The third-order valence-corrected chi connectivity index (χ3v) is 3.33. The number of carboxylic acid groups (broad SMARTS) is 2. The summed E-state index contributed by atoms with van der Waals surface area (Å²) in [5, 5.41) is 14.8. The molecule has 7 heteroatoms. The highest BCUT2D eigenvalue weighted by Gasteiger charge is 2.33. The number of hydrogen-bond acceptors (Lipinski definition) is 5. The van der Waals surface area contributed by atoms with Gasteiger partial charge in [-0.2, -0.15) is 0 Å². The molecule has 0 radical (unpaired) electrons. The average Bonchev–Trinajstić information content (AvgIpc) is 3.07. The second-order valence-corrected chi connectivity index (χ2v) is 4.86. The Bertz CT molecular complexity index is 537. The lowest BCUT2D eigenvalue weighted by molar-refractivity contribution is -0.159. The SMILES string of the molecule is Cc1cnc(C=C2CN3CCC2C3)o1.O=C(O)C(=O)O. The van der Waals surface area contributed by atoms with E-state index in [9.17, 15) is 0 Å². The summed E-state index contributed by atoms with van der Waals surface area (Å²) in [4.78, 5) is 24.9. The van der Waals surface area contributed by atoms with E-state index in [0.29, 0.717) is 0 Å². The quantitative estimate of drug-likeness (QED) is 0.735. The van der Waals surface area contributed by atoms with Gasteiger partial charge in [0.1, 0.15) is 5.76 Å². The molecular weight excluding hydrogens is 264 g/mol. The van der Waals surface area contributed by atoms with Crippen LogP contribution in [0.4, 0.5) is 0 Å². The highest BCUT2D eigenvalue weighted by molar-refractivity contribution is 6.27. The monoisotopic (exact) mass is 280 g/mol. The molecule has 2 N–H and O–H groups in total. The van der Waals surface area contributed by atoms with Gasteiger partial charge in [-0.15, -0.1) is 0 Å². The summed E-state index contributed by atoms with van der Waals surface area (Å²) in [7, 11) is 0. The van der Waals surface area contributed by atoms with Crippen LogP contribution in [0.1, 0.15) is 18.1 Å². The molecule has 1 aromatic rings. The Morgan fingerprint density at radius 2 is 2.15 bits per heavy atom. The lowest BCUT2D eigenvalue weighted by Crippen LogP contribution is -2.17. The van der Waals surface area contributed by atoms with E-state index in [0.717, 1.165) is 24.1 Å². The molecule has 2 aliphatic rings. The van der Waals surface area contributed by atoms with Gasteiger partial charge in [0.05, 0.1) is 6.20 Å². The molecule has 0 aliphatic carbocycles. The maximum absolute atomic E-state index is 9.10. The molecule has 2 saturated heterocycles. The molecule has 0 aromatic carbocycles. The summed E-state index contributed by atoms with van der Waals surface area (Å²) in [5.74, 6) is -1.22. The number of fused-ring (bicyclic) bond motifs is 2. The van der Waals surface area contributed by atoms with Gasteiger partial charge >= 0.3 is 11.9 Å². The van der Waals surface area contributed by atoms with Crippen molar-refractivity contribution in [3.8, 4) is 0 Å². The van der Waals surface area contributed by atoms with Crippen LogP contribution in [-0.4, -0.2) is 51.7 Å². The third kappa shape index (κ3) is 3.45. The zero-order valence-corrected chi connectivity index (χ0v) is 11.1. The van der Waals surface area contributed by atoms with Crippen LogP contribution in [0.5, 0.6) is 0 Å². The van der Waals surface area contributed by atoms with Crippen LogP contribution >= 0.6 is 0 Å². The maximum Gasteiger partial charge on any atom is 0.414 e. The summed E-state index contributed by atoms with van der Waals surface area (Å²) in [5.41, 5.74) is 1.50. The standard InChI is InChI=1S/C11H14N2O.C2H2O4/c1-8-5-12-11(14-8)4-10-7-13-3-2-9(10)6-13;3-1(4)2(5)6/h4-5,9H,2-3,6-7H2,1H3;(H,3,4)(H,5,6). The van der Waals surface area contributed by atoms with Crippen molar-refractivity contribution in [2.75, 3.05) is 19.6 Å². The van der Waals surface area contributed by atoms with Crippen LogP contribution in [0, 0.1) is 12.8 Å². The van der Waals surface area contributed by atoms with E-state index >= 15 is 0 Å². The van der Waals surface area contributed by atoms with Gasteiger partial charge in [0.15, 0.2) is 0 Å². The normalized spacial score (nSPS) is 25.4. The van der Waals surface area contributed by atoms with Crippen LogP contribution in [-0.2, 0) is 9.59 Å². The van der Waals surface area contributed by atoms with Crippen LogP contribution < -0.4 is 0 Å². The van der Waals surface area contributed by atoms with Crippen LogP contribution in [0.25, 0.3) is 6.08 Å². The number of piperidine rings is 1. The first-order chi connectivity index (χ1) is 9.45. The number of aromatic nitrogens is 1. The summed E-state index contributed by atoms with van der Waals surface area (Å²) < 4.78 is 5.45. The van der Waals surface area contributed by atoms with E-state index < -0.39 is 11.9 Å². The first kappa shape index (κ1) is 14.3. The van der Waals surface area contributed by atoms with Gasteiger partial charge in [0, 0.05) is 19.2 Å². The summed E-state index contributed by atoms with van der Waals surface area (Å²) in [6, 6.07) is 0. The average molecular weight is 280 g/mol. The van der Waals surface area contributed by atoms with Gasteiger partial charge < -0.3 is 14.6 Å². The van der Waals surface area contributed by atoms with Gasteiger partial charge in [-0.1, -0.05) is 0 Å². The molecule has 20 heavy (non-hydrogen) atoms. The molecule has 3 heterocycles.